The van der Waals surface area contributed by atoms with Crippen molar-refractivity contribution in [3.63, 3.8) is 0 Å². The third kappa shape index (κ3) is 19.7. The zero-order chi connectivity index (χ0) is 17.0. The topological polar surface area (TPSA) is 0 Å². The Labute approximate surface area is 148 Å². The van der Waals surface area contributed by atoms with E-state index < -0.39 is 0 Å². The molecule has 0 aliphatic rings. The fourth-order valence-corrected chi connectivity index (χ4v) is 3.27. The second-order valence-electron chi connectivity index (χ2n) is 7.54. The third-order valence-electron chi connectivity index (χ3n) is 4.98. The van der Waals surface area contributed by atoms with Crippen LogP contribution in [0, 0.1) is 0 Å². The van der Waals surface area contributed by atoms with E-state index in [0.29, 0.717) is 0 Å². The Bertz CT molecular complexity index is 238. The molecular weight excluding hydrogens is 276 g/mol. The predicted molar refractivity (Wildman–Crippen MR) is 108 cm³/mol. The summed E-state index contributed by atoms with van der Waals surface area (Å²) >= 11 is 0. The monoisotopic (exact) mass is 322 g/mol. The van der Waals surface area contributed by atoms with E-state index >= 15 is 0 Å². The highest BCUT2D eigenvalue weighted by Crippen LogP contribution is 2.15. The molecular formula is C23H46. The van der Waals surface area contributed by atoms with Gasteiger partial charge in [0.05, 0.1) is 0 Å². The lowest BCUT2D eigenvalue weighted by Gasteiger charge is -2.04. The van der Waals surface area contributed by atoms with Crippen LogP contribution in [0.3, 0.4) is 0 Å². The average molecular weight is 323 g/mol. The summed E-state index contributed by atoms with van der Waals surface area (Å²) in [4.78, 5) is 0. The van der Waals surface area contributed by atoms with Gasteiger partial charge >= 0.3 is 0 Å². The van der Waals surface area contributed by atoms with Gasteiger partial charge < -0.3 is 0 Å². The zero-order valence-electron chi connectivity index (χ0n) is 16.8. The van der Waals surface area contributed by atoms with Crippen molar-refractivity contribution in [1.29, 1.82) is 0 Å². The van der Waals surface area contributed by atoms with E-state index in [0.717, 1.165) is 0 Å². The van der Waals surface area contributed by atoms with Crippen LogP contribution in [0.5, 0.6) is 0 Å². The van der Waals surface area contributed by atoms with Crippen molar-refractivity contribution in [3.8, 4) is 0 Å². The first kappa shape index (κ1) is 22.7. The van der Waals surface area contributed by atoms with E-state index in [-0.39, 0.29) is 0 Å². The highest BCUT2D eigenvalue weighted by atomic mass is 14.0. The van der Waals surface area contributed by atoms with Gasteiger partial charge in [0.1, 0.15) is 0 Å². The molecule has 0 N–H and O–H groups in total. The normalized spacial score (nSPS) is 12.0. The number of hydrogen-bond acceptors (Lipinski definition) is 0. The van der Waals surface area contributed by atoms with Crippen molar-refractivity contribution >= 4 is 0 Å². The largest absolute Gasteiger partial charge is 0.0856 e. The van der Waals surface area contributed by atoms with Gasteiger partial charge in [-0.1, -0.05) is 115 Å². The molecule has 0 amide bonds. The molecule has 0 saturated heterocycles. The molecule has 0 fully saturated rings. The maximum Gasteiger partial charge on any atom is -0.0323 e. The molecule has 0 radical (unpaired) electrons. The highest BCUT2D eigenvalue weighted by Gasteiger charge is 1.95. The summed E-state index contributed by atoms with van der Waals surface area (Å²) in [5.41, 5.74) is 1.64. The molecule has 0 nitrogen and oxygen atoms in total. The Kier molecular flexibility index (Phi) is 19.6. The van der Waals surface area contributed by atoms with Gasteiger partial charge in [0.25, 0.3) is 0 Å². The molecule has 0 rings (SSSR count). The van der Waals surface area contributed by atoms with Gasteiger partial charge in [-0.2, -0.15) is 0 Å². The van der Waals surface area contributed by atoms with Gasteiger partial charge in [-0.15, -0.1) is 0 Å². The van der Waals surface area contributed by atoms with Crippen LogP contribution in [0.1, 0.15) is 136 Å². The standard InChI is InChI=1S/C23H46/c1-4-6-8-10-12-13-14-16-18-20-22-23(3)21-19-17-15-11-9-7-5-2/h21H,4-20,22H2,1-3H3. The van der Waals surface area contributed by atoms with Crippen LogP contribution >= 0.6 is 0 Å². The highest BCUT2D eigenvalue weighted by molar-refractivity contribution is 4.97. The number of allylic oxidation sites excluding steroid dienone is 2. The van der Waals surface area contributed by atoms with Gasteiger partial charge in [-0.25, -0.2) is 0 Å². The predicted octanol–water partition coefficient (Wildman–Crippen LogP) is 8.99. The molecule has 0 bridgehead atoms. The minimum Gasteiger partial charge on any atom is -0.0856 e. The Morgan fingerprint density at radius 2 is 0.913 bits per heavy atom. The van der Waals surface area contributed by atoms with Crippen molar-refractivity contribution in [3.05, 3.63) is 11.6 Å². The molecule has 0 spiro atoms. The Balaban J connectivity index is 3.22. The minimum atomic E-state index is 1.32. The van der Waals surface area contributed by atoms with Crippen LogP contribution in [0.25, 0.3) is 0 Å². The maximum absolute atomic E-state index is 2.51. The molecule has 0 aromatic rings. The summed E-state index contributed by atoms with van der Waals surface area (Å²) < 4.78 is 0. The quantitative estimate of drug-likeness (QED) is 0.174. The molecule has 0 atom stereocenters. The lowest BCUT2D eigenvalue weighted by molar-refractivity contribution is 0.555. The Morgan fingerprint density at radius 1 is 0.522 bits per heavy atom. The number of hydrogen-bond donors (Lipinski definition) is 0. The Morgan fingerprint density at radius 3 is 1.39 bits per heavy atom. The minimum absolute atomic E-state index is 1.32. The second kappa shape index (κ2) is 19.8. The summed E-state index contributed by atoms with van der Waals surface area (Å²) in [6.07, 6.45) is 28.1. The summed E-state index contributed by atoms with van der Waals surface area (Å²) in [6.45, 7) is 6.93. The average Bonchev–Trinajstić information content (AvgIpc) is 2.55. The first-order valence-electron chi connectivity index (χ1n) is 11.0. The van der Waals surface area contributed by atoms with E-state index in [2.05, 4.69) is 26.8 Å². The van der Waals surface area contributed by atoms with E-state index in [1.54, 1.807) is 5.57 Å². The van der Waals surface area contributed by atoms with Crippen LogP contribution in [0.4, 0.5) is 0 Å². The molecule has 0 heterocycles. The summed E-state index contributed by atoms with van der Waals surface area (Å²) in [5, 5.41) is 0. The van der Waals surface area contributed by atoms with Crippen molar-refractivity contribution in [2.24, 2.45) is 0 Å². The van der Waals surface area contributed by atoms with E-state index in [1.807, 2.05) is 0 Å². The van der Waals surface area contributed by atoms with Crippen molar-refractivity contribution in [2.75, 3.05) is 0 Å². The van der Waals surface area contributed by atoms with Crippen LogP contribution in [-0.2, 0) is 0 Å². The van der Waals surface area contributed by atoms with Crippen LogP contribution in [-0.4, -0.2) is 0 Å². The van der Waals surface area contributed by atoms with Crippen molar-refractivity contribution in [1.82, 2.24) is 0 Å². The van der Waals surface area contributed by atoms with Crippen molar-refractivity contribution < 1.29 is 0 Å². The molecule has 138 valence electrons. The number of unbranched alkanes of at least 4 members (excludes halogenated alkanes) is 15. The Hall–Kier alpha value is -0.260. The third-order valence-corrected chi connectivity index (χ3v) is 4.98. The van der Waals surface area contributed by atoms with Crippen LogP contribution in [0.15, 0.2) is 11.6 Å². The fraction of sp³-hybridized carbons (Fsp3) is 0.913. The lowest BCUT2D eigenvalue weighted by Crippen LogP contribution is -1.84. The molecule has 0 saturated carbocycles. The maximum atomic E-state index is 2.51. The molecule has 0 aromatic carbocycles. The molecule has 0 heteroatoms. The van der Waals surface area contributed by atoms with E-state index in [9.17, 15) is 0 Å². The zero-order valence-corrected chi connectivity index (χ0v) is 16.8. The van der Waals surface area contributed by atoms with Gasteiger partial charge in [0.2, 0.25) is 0 Å². The summed E-state index contributed by atoms with van der Waals surface area (Å²) in [6, 6.07) is 0. The molecule has 0 aliphatic heterocycles. The number of rotatable bonds is 18. The van der Waals surface area contributed by atoms with E-state index in [1.165, 1.54) is 116 Å². The SMILES string of the molecule is CCCCCCCCC=C(C)CCCCCCCCCCCC. The van der Waals surface area contributed by atoms with Gasteiger partial charge in [0, 0.05) is 0 Å². The summed E-state index contributed by atoms with van der Waals surface area (Å²) in [5.74, 6) is 0. The summed E-state index contributed by atoms with van der Waals surface area (Å²) in [7, 11) is 0. The molecule has 0 aliphatic carbocycles. The molecule has 0 aromatic heterocycles. The lowest BCUT2D eigenvalue weighted by atomic mass is 10.0. The van der Waals surface area contributed by atoms with Gasteiger partial charge in [-0.3, -0.25) is 0 Å². The van der Waals surface area contributed by atoms with Crippen LogP contribution in [0.2, 0.25) is 0 Å². The van der Waals surface area contributed by atoms with Gasteiger partial charge in [-0.05, 0) is 32.6 Å². The van der Waals surface area contributed by atoms with E-state index in [4.69, 9.17) is 0 Å². The fourth-order valence-electron chi connectivity index (χ4n) is 3.27. The molecule has 23 heavy (non-hydrogen) atoms. The smallest absolute Gasteiger partial charge is 0.0323 e. The van der Waals surface area contributed by atoms with Crippen molar-refractivity contribution in [2.45, 2.75) is 136 Å². The van der Waals surface area contributed by atoms with Crippen LogP contribution < -0.4 is 0 Å². The van der Waals surface area contributed by atoms with Gasteiger partial charge in [0.15, 0.2) is 0 Å². The first-order valence-corrected chi connectivity index (χ1v) is 11.0. The first-order chi connectivity index (χ1) is 11.3. The molecule has 0 unspecified atom stereocenters. The second-order valence-corrected chi connectivity index (χ2v) is 7.54.